The Hall–Kier alpha value is -4.24. The van der Waals surface area contributed by atoms with Crippen LogP contribution in [0.2, 0.25) is 0 Å². The van der Waals surface area contributed by atoms with Crippen molar-refractivity contribution >= 4 is 53.3 Å². The highest BCUT2D eigenvalue weighted by Gasteiger charge is 2.54. The van der Waals surface area contributed by atoms with Crippen molar-refractivity contribution in [2.75, 3.05) is 31.2 Å². The van der Waals surface area contributed by atoms with E-state index in [1.54, 1.807) is 18.7 Å². The highest BCUT2D eigenvalue weighted by atomic mass is 32.2. The van der Waals surface area contributed by atoms with Crippen LogP contribution in [0.1, 0.15) is 6.42 Å². The number of hydrazine groups is 1. The van der Waals surface area contributed by atoms with E-state index in [1.807, 2.05) is 30.3 Å². The van der Waals surface area contributed by atoms with Crippen molar-refractivity contribution in [1.29, 1.82) is 0 Å². The van der Waals surface area contributed by atoms with Gasteiger partial charge in [-0.25, -0.2) is 24.6 Å². The molecule has 0 aliphatic carbocycles. The first-order valence-electron chi connectivity index (χ1n) is 12.6. The minimum absolute atomic E-state index is 0.132. The lowest BCUT2D eigenvalue weighted by molar-refractivity contribution is -0.150. The van der Waals surface area contributed by atoms with Gasteiger partial charge in [-0.3, -0.25) is 19.3 Å². The Kier molecular flexibility index (Phi) is 8.64. The number of β-lactam (4-membered cyclic amide) rings is 1. The van der Waals surface area contributed by atoms with Gasteiger partial charge in [0.05, 0.1) is 18.6 Å². The minimum Gasteiger partial charge on any atom is -0.477 e. The van der Waals surface area contributed by atoms with Gasteiger partial charge >= 0.3 is 12.1 Å². The maximum Gasteiger partial charge on any atom is 0.429 e. The number of carbonyl (C=O) groups is 5. The molecule has 5 heterocycles. The first-order valence-corrected chi connectivity index (χ1v) is 14.7. The topological polar surface area (TPSA) is 165 Å². The van der Waals surface area contributed by atoms with Crippen molar-refractivity contribution in [2.24, 2.45) is 0 Å². The molecular weight excluding hydrogens is 572 g/mol. The molecule has 4 amide bonds. The average Bonchev–Trinajstić information content (AvgIpc) is 3.76. The van der Waals surface area contributed by atoms with E-state index in [2.05, 4.69) is 15.3 Å². The Balaban J connectivity index is 0.000000610. The van der Waals surface area contributed by atoms with Crippen LogP contribution in [0.15, 0.2) is 76.9 Å². The van der Waals surface area contributed by atoms with Crippen molar-refractivity contribution in [3.8, 4) is 0 Å². The van der Waals surface area contributed by atoms with E-state index < -0.39 is 35.3 Å². The van der Waals surface area contributed by atoms with Gasteiger partial charge in [-0.05, 0) is 30.2 Å². The van der Waals surface area contributed by atoms with Crippen molar-refractivity contribution < 1.29 is 33.8 Å². The number of cyclic esters (lactones) is 1. The van der Waals surface area contributed by atoms with Crippen molar-refractivity contribution in [3.05, 3.63) is 72.0 Å². The third kappa shape index (κ3) is 6.10. The second-order valence-corrected chi connectivity index (χ2v) is 11.2. The maximum atomic E-state index is 12.9. The number of aromatic nitrogens is 2. The summed E-state index contributed by atoms with van der Waals surface area (Å²) in [5, 5.41) is 14.6. The number of thioether (sulfide) groups is 2. The third-order valence-electron chi connectivity index (χ3n) is 6.52. The van der Waals surface area contributed by atoms with Gasteiger partial charge in [-0.2, -0.15) is 0 Å². The van der Waals surface area contributed by atoms with E-state index in [0.29, 0.717) is 17.6 Å². The fourth-order valence-corrected chi connectivity index (χ4v) is 6.67. The van der Waals surface area contributed by atoms with E-state index in [4.69, 9.17) is 4.74 Å². The summed E-state index contributed by atoms with van der Waals surface area (Å²) in [6.45, 7) is 0.758. The van der Waals surface area contributed by atoms with Gasteiger partial charge in [0, 0.05) is 35.2 Å². The zero-order chi connectivity index (χ0) is 28.9. The van der Waals surface area contributed by atoms with Crippen LogP contribution in [-0.4, -0.2) is 102 Å². The molecule has 3 N–H and O–H groups in total. The molecule has 4 aliphatic heterocycles. The third-order valence-corrected chi connectivity index (χ3v) is 8.83. The maximum absolute atomic E-state index is 12.9. The summed E-state index contributed by atoms with van der Waals surface area (Å²) in [6.07, 6.45) is 6.33. The highest BCUT2D eigenvalue weighted by Crippen LogP contribution is 2.41. The molecule has 214 valence electrons. The number of hydrogen-bond donors (Lipinski definition) is 3. The number of benzene rings is 1. The summed E-state index contributed by atoms with van der Waals surface area (Å²) in [7, 11) is 0. The molecule has 0 spiro atoms. The summed E-state index contributed by atoms with van der Waals surface area (Å²) in [4.78, 5) is 70.6. The number of carboxylic acids is 1. The molecule has 3 fully saturated rings. The Morgan fingerprint density at radius 2 is 2.00 bits per heavy atom. The quantitative estimate of drug-likeness (QED) is 0.241. The monoisotopic (exact) mass is 598 g/mol. The predicted octanol–water partition coefficient (Wildman–Crippen LogP) is 1.45. The second kappa shape index (κ2) is 12.5. The van der Waals surface area contributed by atoms with Crippen LogP contribution in [0.4, 0.5) is 4.79 Å². The molecule has 41 heavy (non-hydrogen) atoms. The number of imidazole rings is 1. The number of allylic oxidation sites excluding steroid dienone is 1. The molecule has 2 aromatic rings. The molecule has 0 saturated carbocycles. The van der Waals surface area contributed by atoms with Gasteiger partial charge in [-0.1, -0.05) is 18.2 Å². The van der Waals surface area contributed by atoms with Crippen LogP contribution in [0.25, 0.3) is 0 Å². The number of rotatable bonds is 7. The number of amides is 4. The molecule has 13 nitrogen and oxygen atoms in total. The summed E-state index contributed by atoms with van der Waals surface area (Å²) >= 11 is 2.68. The second-order valence-electron chi connectivity index (χ2n) is 9.08. The lowest BCUT2D eigenvalue weighted by Crippen LogP contribution is -2.70. The molecule has 0 unspecified atom stereocenters. The predicted molar refractivity (Wildman–Crippen MR) is 148 cm³/mol. The van der Waals surface area contributed by atoms with Crippen molar-refractivity contribution in [2.45, 2.75) is 22.7 Å². The lowest BCUT2D eigenvalue weighted by atomic mass is 10.0. The summed E-state index contributed by atoms with van der Waals surface area (Å²) in [6, 6.07) is 8.58. The zero-order valence-corrected chi connectivity index (χ0v) is 23.2. The summed E-state index contributed by atoms with van der Waals surface area (Å²) in [5.74, 6) is -2.10. The van der Waals surface area contributed by atoms with Crippen LogP contribution in [0, 0.1) is 0 Å². The van der Waals surface area contributed by atoms with E-state index in [-0.39, 0.29) is 42.8 Å². The molecule has 2 atom stereocenters. The van der Waals surface area contributed by atoms with Crippen molar-refractivity contribution in [3.63, 3.8) is 0 Å². The molecule has 1 aromatic carbocycles. The van der Waals surface area contributed by atoms with Crippen LogP contribution in [0.5, 0.6) is 0 Å². The lowest BCUT2D eigenvalue weighted by Gasteiger charge is -2.49. The Morgan fingerprint density at radius 3 is 2.63 bits per heavy atom. The number of aromatic amines is 1. The number of carbonyl (C=O) groups excluding carboxylic acids is 4. The number of fused-ring (bicyclic) bond motifs is 1. The number of ether oxygens (including phenoxy) is 1. The summed E-state index contributed by atoms with van der Waals surface area (Å²) in [5.41, 5.74) is 0.515. The minimum atomic E-state index is -1.28. The fraction of sp³-hybridized carbons (Fsp3) is 0.308. The van der Waals surface area contributed by atoms with Gasteiger partial charge in [-0.15, -0.1) is 23.5 Å². The standard InChI is InChI=1S/C23H22N4O7S2.C3H4N2/c28-16(12-35-15-4-2-1-3-5-15)24-17-20(30)27-18(22(31)32)14(11-36-21(17)27)10-13-6-7-25(19(13)29)26-8-9-34-23(26)33;1-2-5-3-4-1/h1-5,10,17,21H,6-9,11-12H2,(H,24,28)(H,31,32);1-3H,(H,4,5)/t17-,21-;/m1./s1. The summed E-state index contributed by atoms with van der Waals surface area (Å²) < 4.78 is 4.89. The largest absolute Gasteiger partial charge is 0.477 e. The number of nitrogens with zero attached hydrogens (tertiary/aromatic N) is 4. The number of aliphatic carboxylic acids is 1. The first kappa shape index (κ1) is 28.3. The van der Waals surface area contributed by atoms with E-state index >= 15 is 0 Å². The van der Waals surface area contributed by atoms with Gasteiger partial charge in [0.1, 0.15) is 23.7 Å². The number of H-pyrrole nitrogens is 1. The first-order chi connectivity index (χ1) is 19.8. The average molecular weight is 599 g/mol. The van der Waals surface area contributed by atoms with Crippen LogP contribution >= 0.6 is 23.5 Å². The highest BCUT2D eigenvalue weighted by molar-refractivity contribution is 8.00. The van der Waals surface area contributed by atoms with E-state index in [0.717, 1.165) is 4.90 Å². The SMILES string of the molecule is O=C(CSc1ccccc1)N[C@@H]1C(=O)N2C(C(=O)O)=C(C=C3CCN(N4CCOC4=O)C3=O)CS[C@H]12.c1c[nH]cn1. The van der Waals surface area contributed by atoms with E-state index in [1.165, 1.54) is 44.5 Å². The van der Waals surface area contributed by atoms with Crippen molar-refractivity contribution in [1.82, 2.24) is 30.2 Å². The number of carboxylic acid groups (broad SMARTS) is 1. The smallest absolute Gasteiger partial charge is 0.429 e. The van der Waals surface area contributed by atoms with Crippen LogP contribution in [0.3, 0.4) is 0 Å². The molecule has 6 rings (SSSR count). The molecule has 3 saturated heterocycles. The van der Waals surface area contributed by atoms with Gasteiger partial charge in [0.15, 0.2) is 0 Å². The van der Waals surface area contributed by atoms with Gasteiger partial charge < -0.3 is 20.1 Å². The van der Waals surface area contributed by atoms with Crippen LogP contribution in [-0.2, 0) is 23.9 Å². The Bertz CT molecular complexity index is 1380. The molecular formula is C26H26N6O7S2. The fourth-order valence-electron chi connectivity index (χ4n) is 4.63. The normalized spacial score (nSPS) is 22.7. The van der Waals surface area contributed by atoms with E-state index in [9.17, 15) is 29.1 Å². The molecule has 1 aromatic heterocycles. The molecule has 15 heteroatoms. The van der Waals surface area contributed by atoms with Crippen LogP contribution < -0.4 is 5.32 Å². The molecule has 0 bridgehead atoms. The number of nitrogens with one attached hydrogen (secondary N) is 2. The number of hydrogen-bond acceptors (Lipinski definition) is 9. The Morgan fingerprint density at radius 1 is 1.20 bits per heavy atom. The van der Waals surface area contributed by atoms with Gasteiger partial charge in [0.25, 0.3) is 11.8 Å². The van der Waals surface area contributed by atoms with Gasteiger partial charge in [0.2, 0.25) is 5.91 Å². The molecule has 4 aliphatic rings. The molecule has 0 radical (unpaired) electrons. The Labute approximate surface area is 242 Å². The zero-order valence-electron chi connectivity index (χ0n) is 21.6.